The van der Waals surface area contributed by atoms with Gasteiger partial charge in [-0.15, -0.1) is 0 Å². The summed E-state index contributed by atoms with van der Waals surface area (Å²) in [6.45, 7) is 1.68. The molecule has 0 atom stereocenters. The predicted octanol–water partition coefficient (Wildman–Crippen LogP) is 3.18. The van der Waals surface area contributed by atoms with Gasteiger partial charge in [0.1, 0.15) is 12.1 Å². The highest BCUT2D eigenvalue weighted by Gasteiger charge is 2.22. The zero-order valence-electron chi connectivity index (χ0n) is 14.7. The summed E-state index contributed by atoms with van der Waals surface area (Å²) in [5, 5.41) is 6.77. The van der Waals surface area contributed by atoms with E-state index in [0.29, 0.717) is 11.5 Å². The number of ether oxygens (including phenoxy) is 2. The van der Waals surface area contributed by atoms with E-state index in [1.54, 1.807) is 20.5 Å². The number of hydrogen-bond acceptors (Lipinski definition) is 7. The predicted molar refractivity (Wildman–Crippen MR) is 104 cm³/mol. The lowest BCUT2D eigenvalue weighted by Gasteiger charge is -2.31. The van der Waals surface area contributed by atoms with Crippen LogP contribution >= 0.6 is 11.9 Å². The average Bonchev–Trinajstić information content (AvgIpc) is 2.71. The van der Waals surface area contributed by atoms with Gasteiger partial charge in [0.05, 0.1) is 19.7 Å². The standard InChI is InChI=1S/C19H20N4O2S/c1-24-16-8-14-15(9-17(16)25-2)21-11-22-19(14)23-7-6-13-12(10-23)4-3-5-18(13)26-20/h3-5,8-9,11H,6-7,10,20H2,1-2H3. The second kappa shape index (κ2) is 7.01. The molecule has 0 saturated carbocycles. The first-order valence-electron chi connectivity index (χ1n) is 8.34. The fraction of sp³-hybridized carbons (Fsp3) is 0.263. The molecule has 3 aromatic rings. The van der Waals surface area contributed by atoms with Gasteiger partial charge in [0.15, 0.2) is 11.5 Å². The number of hydrogen-bond donors (Lipinski definition) is 1. The zero-order chi connectivity index (χ0) is 18.1. The van der Waals surface area contributed by atoms with Gasteiger partial charge in [-0.05, 0) is 41.6 Å². The number of benzene rings is 2. The van der Waals surface area contributed by atoms with Crippen molar-refractivity contribution in [2.75, 3.05) is 25.7 Å². The molecule has 0 saturated heterocycles. The van der Waals surface area contributed by atoms with Gasteiger partial charge >= 0.3 is 0 Å². The first kappa shape index (κ1) is 16.9. The van der Waals surface area contributed by atoms with Gasteiger partial charge in [-0.1, -0.05) is 12.1 Å². The summed E-state index contributed by atoms with van der Waals surface area (Å²) in [5.74, 6) is 2.25. The summed E-state index contributed by atoms with van der Waals surface area (Å²) in [4.78, 5) is 12.4. The molecule has 0 bridgehead atoms. The lowest BCUT2D eigenvalue weighted by molar-refractivity contribution is 0.356. The van der Waals surface area contributed by atoms with E-state index in [-0.39, 0.29) is 0 Å². The fourth-order valence-corrected chi connectivity index (χ4v) is 4.02. The maximum atomic E-state index is 5.81. The Morgan fingerprint density at radius 3 is 2.69 bits per heavy atom. The molecule has 0 aliphatic carbocycles. The molecule has 0 spiro atoms. The number of fused-ring (bicyclic) bond motifs is 2. The number of aromatic nitrogens is 2. The van der Waals surface area contributed by atoms with E-state index in [1.807, 2.05) is 12.1 Å². The van der Waals surface area contributed by atoms with Gasteiger partial charge in [-0.2, -0.15) is 0 Å². The maximum Gasteiger partial charge on any atom is 0.162 e. The van der Waals surface area contributed by atoms with E-state index in [2.05, 4.69) is 33.1 Å². The van der Waals surface area contributed by atoms with Crippen molar-refractivity contribution in [1.82, 2.24) is 9.97 Å². The van der Waals surface area contributed by atoms with Crippen LogP contribution in [0.1, 0.15) is 11.1 Å². The first-order valence-corrected chi connectivity index (χ1v) is 9.22. The van der Waals surface area contributed by atoms with Gasteiger partial charge in [-0.25, -0.2) is 9.97 Å². The first-order chi connectivity index (χ1) is 12.7. The second-order valence-corrected chi connectivity index (χ2v) is 6.78. The zero-order valence-corrected chi connectivity index (χ0v) is 15.5. The normalized spacial score (nSPS) is 13.6. The number of methoxy groups -OCH3 is 2. The SMILES string of the molecule is COc1cc2ncnc(N3CCc4c(cccc4SN)C3)c2cc1OC. The highest BCUT2D eigenvalue weighted by molar-refractivity contribution is 7.97. The number of rotatable bonds is 4. The van der Waals surface area contributed by atoms with Gasteiger partial charge in [0.2, 0.25) is 0 Å². The molecule has 2 heterocycles. The molecule has 134 valence electrons. The van der Waals surface area contributed by atoms with Crippen molar-refractivity contribution in [2.45, 2.75) is 17.9 Å². The molecule has 6 nitrogen and oxygen atoms in total. The van der Waals surface area contributed by atoms with E-state index >= 15 is 0 Å². The molecule has 0 amide bonds. The molecule has 0 fully saturated rings. The Morgan fingerprint density at radius 1 is 1.12 bits per heavy atom. The van der Waals surface area contributed by atoms with Crippen LogP contribution in [0.25, 0.3) is 10.9 Å². The van der Waals surface area contributed by atoms with Crippen LogP contribution < -0.4 is 19.5 Å². The van der Waals surface area contributed by atoms with Crippen molar-refractivity contribution in [3.05, 3.63) is 47.8 Å². The Hall–Kier alpha value is -2.51. The van der Waals surface area contributed by atoms with Gasteiger partial charge in [0, 0.05) is 29.4 Å². The highest BCUT2D eigenvalue weighted by Crippen LogP contribution is 2.36. The Labute approximate surface area is 156 Å². The number of nitrogens with two attached hydrogens (primary N) is 1. The maximum absolute atomic E-state index is 5.81. The topological polar surface area (TPSA) is 73.5 Å². The lowest BCUT2D eigenvalue weighted by atomic mass is 9.99. The van der Waals surface area contributed by atoms with E-state index in [0.717, 1.165) is 41.1 Å². The molecule has 4 rings (SSSR count). The van der Waals surface area contributed by atoms with E-state index in [9.17, 15) is 0 Å². The van der Waals surface area contributed by atoms with Crippen molar-refractivity contribution in [3.8, 4) is 11.5 Å². The smallest absolute Gasteiger partial charge is 0.162 e. The summed E-state index contributed by atoms with van der Waals surface area (Å²) in [6, 6.07) is 10.1. The Morgan fingerprint density at radius 2 is 1.92 bits per heavy atom. The molecule has 7 heteroatoms. The van der Waals surface area contributed by atoms with Crippen molar-refractivity contribution in [3.63, 3.8) is 0 Å². The molecule has 26 heavy (non-hydrogen) atoms. The monoisotopic (exact) mass is 368 g/mol. The van der Waals surface area contributed by atoms with Crippen LogP contribution in [0.15, 0.2) is 41.6 Å². The summed E-state index contributed by atoms with van der Waals surface area (Å²) >= 11 is 1.32. The highest BCUT2D eigenvalue weighted by atomic mass is 32.2. The minimum Gasteiger partial charge on any atom is -0.493 e. The van der Waals surface area contributed by atoms with E-state index in [1.165, 1.54) is 23.1 Å². The van der Waals surface area contributed by atoms with E-state index < -0.39 is 0 Å². The summed E-state index contributed by atoms with van der Waals surface area (Å²) in [6.07, 6.45) is 2.54. The van der Waals surface area contributed by atoms with Crippen molar-refractivity contribution < 1.29 is 9.47 Å². The summed E-state index contributed by atoms with van der Waals surface area (Å²) in [5.41, 5.74) is 3.47. The second-order valence-electron chi connectivity index (χ2n) is 6.10. The van der Waals surface area contributed by atoms with Crippen LogP contribution in [0.4, 0.5) is 5.82 Å². The fourth-order valence-electron chi connectivity index (χ4n) is 3.49. The molecule has 1 aliphatic rings. The molecule has 0 radical (unpaired) electrons. The Balaban J connectivity index is 1.77. The van der Waals surface area contributed by atoms with Gasteiger partial charge in [0.25, 0.3) is 0 Å². The van der Waals surface area contributed by atoms with Gasteiger partial charge in [-0.3, -0.25) is 5.14 Å². The van der Waals surface area contributed by atoms with Gasteiger partial charge < -0.3 is 14.4 Å². The van der Waals surface area contributed by atoms with Crippen LogP contribution in [0, 0.1) is 0 Å². The molecule has 1 aromatic heterocycles. The van der Waals surface area contributed by atoms with Crippen molar-refractivity contribution >= 4 is 28.7 Å². The third kappa shape index (κ3) is 2.83. The van der Waals surface area contributed by atoms with Crippen LogP contribution in [-0.2, 0) is 13.0 Å². The molecular formula is C19H20N4O2S. The minimum absolute atomic E-state index is 0.665. The molecule has 2 N–H and O–H groups in total. The Kier molecular flexibility index (Phi) is 4.57. The van der Waals surface area contributed by atoms with Crippen LogP contribution in [0.3, 0.4) is 0 Å². The van der Waals surface area contributed by atoms with Crippen LogP contribution in [0.2, 0.25) is 0 Å². The van der Waals surface area contributed by atoms with Crippen molar-refractivity contribution in [1.29, 1.82) is 0 Å². The van der Waals surface area contributed by atoms with Crippen LogP contribution in [-0.4, -0.2) is 30.7 Å². The lowest BCUT2D eigenvalue weighted by Crippen LogP contribution is -2.31. The molecular weight excluding hydrogens is 348 g/mol. The third-order valence-electron chi connectivity index (χ3n) is 4.77. The molecule has 2 aromatic carbocycles. The Bertz CT molecular complexity index is 964. The number of nitrogens with zero attached hydrogens (tertiary/aromatic N) is 3. The third-order valence-corrected chi connectivity index (χ3v) is 5.41. The number of anilines is 1. The average molecular weight is 368 g/mol. The summed E-state index contributed by atoms with van der Waals surface area (Å²) in [7, 11) is 3.26. The van der Waals surface area contributed by atoms with Crippen LogP contribution in [0.5, 0.6) is 11.5 Å². The largest absolute Gasteiger partial charge is 0.493 e. The molecule has 1 aliphatic heterocycles. The van der Waals surface area contributed by atoms with E-state index in [4.69, 9.17) is 14.6 Å². The molecule has 0 unspecified atom stereocenters. The van der Waals surface area contributed by atoms with Crippen molar-refractivity contribution in [2.24, 2.45) is 5.14 Å². The minimum atomic E-state index is 0.665. The summed E-state index contributed by atoms with van der Waals surface area (Å²) < 4.78 is 10.8. The quantitative estimate of drug-likeness (QED) is 0.709.